The third kappa shape index (κ3) is 7.06. The van der Waals surface area contributed by atoms with Crippen molar-refractivity contribution in [2.24, 2.45) is 10.9 Å². The topological polar surface area (TPSA) is 27.6 Å². The molecule has 1 atom stereocenters. The average molecular weight is 399 g/mol. The van der Waals surface area contributed by atoms with Crippen LogP contribution in [-0.2, 0) is 0 Å². The van der Waals surface area contributed by atoms with Gasteiger partial charge in [-0.15, -0.1) is 24.0 Å². The van der Waals surface area contributed by atoms with Crippen molar-refractivity contribution >= 4 is 41.7 Å². The van der Waals surface area contributed by atoms with E-state index in [1.54, 1.807) is 0 Å². The Hall–Kier alpha value is 0.350. The van der Waals surface area contributed by atoms with E-state index in [4.69, 9.17) is 4.99 Å². The summed E-state index contributed by atoms with van der Waals surface area (Å²) in [6, 6.07) is 0. The van der Waals surface area contributed by atoms with Gasteiger partial charge in [0.2, 0.25) is 0 Å². The van der Waals surface area contributed by atoms with E-state index >= 15 is 0 Å². The molecular formula is C14H30IN3S. The first kappa shape index (κ1) is 19.4. The molecule has 0 radical (unpaired) electrons. The van der Waals surface area contributed by atoms with E-state index in [0.717, 1.165) is 38.1 Å². The Morgan fingerprint density at radius 1 is 1.47 bits per heavy atom. The van der Waals surface area contributed by atoms with E-state index in [1.165, 1.54) is 12.8 Å². The molecule has 0 saturated carbocycles. The molecule has 0 spiro atoms. The summed E-state index contributed by atoms with van der Waals surface area (Å²) in [5.41, 5.74) is 0. The largest absolute Gasteiger partial charge is 0.357 e. The van der Waals surface area contributed by atoms with Gasteiger partial charge in [0.25, 0.3) is 0 Å². The number of aliphatic imine (C=N–C) groups is 1. The lowest BCUT2D eigenvalue weighted by Crippen LogP contribution is -2.46. The van der Waals surface area contributed by atoms with E-state index in [9.17, 15) is 0 Å². The lowest BCUT2D eigenvalue weighted by atomic mass is 10.0. The quantitative estimate of drug-likeness (QED) is 0.446. The highest BCUT2D eigenvalue weighted by atomic mass is 127. The SMILES string of the molecule is CCNC(=NCC(C)(C)SC)N1CCCC(C)C1.I. The average Bonchev–Trinajstić information content (AvgIpc) is 2.34. The molecule has 1 fully saturated rings. The second-order valence-corrected chi connectivity index (χ2v) is 7.34. The maximum atomic E-state index is 4.82. The number of thioether (sulfide) groups is 1. The molecule has 0 bridgehead atoms. The second-order valence-electron chi connectivity index (χ2n) is 5.83. The van der Waals surface area contributed by atoms with Crippen LogP contribution in [-0.4, -0.2) is 48.0 Å². The summed E-state index contributed by atoms with van der Waals surface area (Å²) < 4.78 is 0.224. The number of likely N-dealkylation sites (tertiary alicyclic amines) is 1. The zero-order valence-corrected chi connectivity index (χ0v) is 16.2. The molecule has 3 nitrogen and oxygen atoms in total. The zero-order valence-electron chi connectivity index (χ0n) is 13.0. The molecule has 0 aromatic heterocycles. The fourth-order valence-corrected chi connectivity index (χ4v) is 2.33. The summed E-state index contributed by atoms with van der Waals surface area (Å²) in [7, 11) is 0. The summed E-state index contributed by atoms with van der Waals surface area (Å²) in [5.74, 6) is 1.89. The van der Waals surface area contributed by atoms with Crippen molar-refractivity contribution in [1.82, 2.24) is 10.2 Å². The van der Waals surface area contributed by atoms with Crippen LogP contribution in [0.4, 0.5) is 0 Å². The lowest BCUT2D eigenvalue weighted by Gasteiger charge is -2.34. The van der Waals surface area contributed by atoms with Crippen LogP contribution in [0.5, 0.6) is 0 Å². The van der Waals surface area contributed by atoms with Crippen molar-refractivity contribution in [3.05, 3.63) is 0 Å². The molecule has 0 amide bonds. The lowest BCUT2D eigenvalue weighted by molar-refractivity contribution is 0.266. The number of nitrogens with zero attached hydrogens (tertiary/aromatic N) is 2. The number of hydrogen-bond donors (Lipinski definition) is 1. The Morgan fingerprint density at radius 2 is 2.16 bits per heavy atom. The first-order valence-electron chi connectivity index (χ1n) is 7.07. The second kappa shape index (κ2) is 9.32. The maximum Gasteiger partial charge on any atom is 0.193 e. The van der Waals surface area contributed by atoms with Gasteiger partial charge in [-0.3, -0.25) is 4.99 Å². The van der Waals surface area contributed by atoms with E-state index in [1.807, 2.05) is 11.8 Å². The molecule has 0 aliphatic carbocycles. The first-order chi connectivity index (χ1) is 8.48. The van der Waals surface area contributed by atoms with Gasteiger partial charge in [-0.1, -0.05) is 6.92 Å². The van der Waals surface area contributed by atoms with Gasteiger partial charge < -0.3 is 10.2 Å². The van der Waals surface area contributed by atoms with Gasteiger partial charge in [-0.2, -0.15) is 11.8 Å². The highest BCUT2D eigenvalue weighted by molar-refractivity contribution is 14.0. The molecule has 1 aliphatic rings. The number of hydrogen-bond acceptors (Lipinski definition) is 2. The van der Waals surface area contributed by atoms with Crippen molar-refractivity contribution in [2.45, 2.75) is 45.3 Å². The van der Waals surface area contributed by atoms with Crippen LogP contribution in [0.1, 0.15) is 40.5 Å². The van der Waals surface area contributed by atoms with Crippen LogP contribution in [0.15, 0.2) is 4.99 Å². The van der Waals surface area contributed by atoms with Crippen molar-refractivity contribution < 1.29 is 0 Å². The van der Waals surface area contributed by atoms with E-state index in [0.29, 0.717) is 0 Å². The Kier molecular flexibility index (Phi) is 9.49. The van der Waals surface area contributed by atoms with Crippen molar-refractivity contribution in [1.29, 1.82) is 0 Å². The van der Waals surface area contributed by atoms with Gasteiger partial charge in [0, 0.05) is 24.4 Å². The molecule has 0 aromatic rings. The first-order valence-corrected chi connectivity index (χ1v) is 8.29. The summed E-state index contributed by atoms with van der Waals surface area (Å²) in [6.45, 7) is 13.1. The molecule has 1 heterocycles. The molecular weight excluding hydrogens is 369 g/mol. The van der Waals surface area contributed by atoms with Crippen LogP contribution < -0.4 is 5.32 Å². The number of nitrogens with one attached hydrogen (secondary N) is 1. The van der Waals surface area contributed by atoms with E-state index in [-0.39, 0.29) is 28.7 Å². The van der Waals surface area contributed by atoms with Crippen LogP contribution in [0, 0.1) is 5.92 Å². The van der Waals surface area contributed by atoms with E-state index < -0.39 is 0 Å². The molecule has 0 aromatic carbocycles. The predicted octanol–water partition coefficient (Wildman–Crippen LogP) is 3.44. The Morgan fingerprint density at radius 3 is 2.68 bits per heavy atom. The minimum atomic E-state index is 0. The fraction of sp³-hybridized carbons (Fsp3) is 0.929. The predicted molar refractivity (Wildman–Crippen MR) is 99.0 cm³/mol. The normalized spacial score (nSPS) is 21.0. The third-order valence-corrected chi connectivity index (χ3v) is 4.69. The van der Waals surface area contributed by atoms with Gasteiger partial charge in [0.15, 0.2) is 5.96 Å². The Balaban J connectivity index is 0.00000324. The molecule has 1 N–H and O–H groups in total. The van der Waals surface area contributed by atoms with Gasteiger partial charge in [0.1, 0.15) is 0 Å². The monoisotopic (exact) mass is 399 g/mol. The number of guanidine groups is 1. The van der Waals surface area contributed by atoms with Gasteiger partial charge >= 0.3 is 0 Å². The highest BCUT2D eigenvalue weighted by Gasteiger charge is 2.21. The Bertz CT molecular complexity index is 282. The summed E-state index contributed by atoms with van der Waals surface area (Å²) in [5, 5.41) is 3.44. The van der Waals surface area contributed by atoms with Crippen molar-refractivity contribution in [3.8, 4) is 0 Å². The number of halogens is 1. The molecule has 114 valence electrons. The number of piperidine rings is 1. The molecule has 1 saturated heterocycles. The molecule has 1 aliphatic heterocycles. The maximum absolute atomic E-state index is 4.82. The van der Waals surface area contributed by atoms with Gasteiger partial charge in [-0.05, 0) is 45.8 Å². The molecule has 1 rings (SSSR count). The minimum absolute atomic E-state index is 0. The number of rotatable bonds is 4. The van der Waals surface area contributed by atoms with Crippen LogP contribution in [0.3, 0.4) is 0 Å². The smallest absolute Gasteiger partial charge is 0.193 e. The van der Waals surface area contributed by atoms with E-state index in [2.05, 4.69) is 44.2 Å². The zero-order chi connectivity index (χ0) is 13.6. The van der Waals surface area contributed by atoms with Gasteiger partial charge in [-0.25, -0.2) is 0 Å². The van der Waals surface area contributed by atoms with Crippen LogP contribution in [0.25, 0.3) is 0 Å². The van der Waals surface area contributed by atoms with Gasteiger partial charge in [0.05, 0.1) is 6.54 Å². The summed E-state index contributed by atoms with van der Waals surface area (Å²) >= 11 is 1.88. The minimum Gasteiger partial charge on any atom is -0.357 e. The van der Waals surface area contributed by atoms with Crippen molar-refractivity contribution in [2.75, 3.05) is 32.4 Å². The fourth-order valence-electron chi connectivity index (χ4n) is 2.14. The third-order valence-electron chi connectivity index (χ3n) is 3.45. The summed E-state index contributed by atoms with van der Waals surface area (Å²) in [4.78, 5) is 7.25. The molecule has 19 heavy (non-hydrogen) atoms. The molecule has 5 heteroatoms. The van der Waals surface area contributed by atoms with Crippen LogP contribution >= 0.6 is 35.7 Å². The molecule has 1 unspecified atom stereocenters. The Labute approximate surface area is 140 Å². The van der Waals surface area contributed by atoms with Crippen LogP contribution in [0.2, 0.25) is 0 Å². The van der Waals surface area contributed by atoms with Crippen molar-refractivity contribution in [3.63, 3.8) is 0 Å². The standard InChI is InChI=1S/C14H29N3S.HI/c1-6-15-13(16-11-14(3,4)18-5)17-9-7-8-12(2)10-17;/h12H,6-11H2,1-5H3,(H,15,16);1H. The summed E-state index contributed by atoms with van der Waals surface area (Å²) in [6.07, 6.45) is 4.80. The highest BCUT2D eigenvalue weighted by Crippen LogP contribution is 2.21.